The van der Waals surface area contributed by atoms with Gasteiger partial charge in [0.15, 0.2) is 11.5 Å². The largest absolute Gasteiger partial charge is 0.486 e. The molecule has 0 aromatic heterocycles. The molecule has 0 aliphatic carbocycles. The lowest BCUT2D eigenvalue weighted by molar-refractivity contribution is 0.170. The van der Waals surface area contributed by atoms with Crippen LogP contribution in [-0.4, -0.2) is 63.6 Å². The third kappa shape index (κ3) is 3.48. The van der Waals surface area contributed by atoms with Crippen LogP contribution >= 0.6 is 0 Å². The Bertz CT molecular complexity index is 736. The van der Waals surface area contributed by atoms with Crippen LogP contribution < -0.4 is 9.47 Å². The maximum Gasteiger partial charge on any atom is 0.243 e. The quantitative estimate of drug-likeness (QED) is 0.802. The Kier molecular flexibility index (Phi) is 4.94. The minimum atomic E-state index is -3.55. The first-order valence-electron chi connectivity index (χ1n) is 8.02. The minimum absolute atomic E-state index is 0.0500. The van der Waals surface area contributed by atoms with Gasteiger partial charge in [0.25, 0.3) is 0 Å². The summed E-state index contributed by atoms with van der Waals surface area (Å²) in [6.07, 6.45) is 0. The van der Waals surface area contributed by atoms with E-state index in [1.165, 1.54) is 10.4 Å². The molecule has 0 spiro atoms. The van der Waals surface area contributed by atoms with Gasteiger partial charge in [-0.05, 0) is 19.1 Å². The summed E-state index contributed by atoms with van der Waals surface area (Å²) in [5.41, 5.74) is 0. The fourth-order valence-electron chi connectivity index (χ4n) is 2.91. The van der Waals surface area contributed by atoms with Gasteiger partial charge < -0.3 is 9.47 Å². The Morgan fingerprint density at radius 2 is 1.83 bits per heavy atom. The van der Waals surface area contributed by atoms with E-state index in [0.717, 1.165) is 0 Å². The van der Waals surface area contributed by atoms with E-state index >= 15 is 0 Å². The second-order valence-electron chi connectivity index (χ2n) is 6.04. The number of piperazine rings is 1. The summed E-state index contributed by atoms with van der Waals surface area (Å²) >= 11 is 0. The zero-order valence-electron chi connectivity index (χ0n) is 13.6. The molecule has 3 rings (SSSR count). The van der Waals surface area contributed by atoms with Crippen LogP contribution in [0.25, 0.3) is 0 Å². The lowest BCUT2D eigenvalue weighted by Crippen LogP contribution is -2.49. The molecule has 0 saturated carbocycles. The molecule has 7 nitrogen and oxygen atoms in total. The molecule has 1 aromatic carbocycles. The second kappa shape index (κ2) is 6.97. The molecule has 0 radical (unpaired) electrons. The normalized spacial score (nSPS) is 20.3. The fraction of sp³-hybridized carbons (Fsp3) is 0.562. The molecule has 0 bridgehead atoms. The molecular weight excluding hydrogens is 330 g/mol. The van der Waals surface area contributed by atoms with Gasteiger partial charge in [-0.2, -0.15) is 9.57 Å². The molecule has 1 atom stereocenters. The zero-order chi connectivity index (χ0) is 17.2. The number of sulfonamides is 1. The number of rotatable bonds is 4. The highest BCUT2D eigenvalue weighted by molar-refractivity contribution is 7.89. The Morgan fingerprint density at radius 3 is 2.50 bits per heavy atom. The summed E-state index contributed by atoms with van der Waals surface area (Å²) in [6, 6.07) is 6.95. The molecule has 0 unspecified atom stereocenters. The highest BCUT2D eigenvalue weighted by atomic mass is 32.2. The van der Waals surface area contributed by atoms with E-state index in [9.17, 15) is 8.42 Å². The molecule has 2 aliphatic heterocycles. The summed E-state index contributed by atoms with van der Waals surface area (Å²) in [6.45, 7) is 5.57. The monoisotopic (exact) mass is 351 g/mol. The van der Waals surface area contributed by atoms with Gasteiger partial charge in [-0.25, -0.2) is 8.42 Å². The average Bonchev–Trinajstić information content (AvgIpc) is 2.61. The summed E-state index contributed by atoms with van der Waals surface area (Å²) in [5.74, 6) is 1.00. The first-order chi connectivity index (χ1) is 11.5. The standard InChI is InChI=1S/C16H21N3O4S/c1-13(11-17)12-18-4-6-19(7-5-18)24(20,21)14-2-3-15-16(10-14)23-9-8-22-15/h2-3,10,13H,4-9,12H2,1H3/t13-/m0/s1. The first-order valence-corrected chi connectivity index (χ1v) is 9.46. The topological polar surface area (TPSA) is 82.9 Å². The van der Waals surface area contributed by atoms with Gasteiger partial charge >= 0.3 is 0 Å². The number of hydrogen-bond donors (Lipinski definition) is 0. The zero-order valence-corrected chi connectivity index (χ0v) is 14.5. The Morgan fingerprint density at radius 1 is 1.17 bits per heavy atom. The van der Waals surface area contributed by atoms with E-state index in [4.69, 9.17) is 14.7 Å². The van der Waals surface area contributed by atoms with Crippen molar-refractivity contribution in [3.8, 4) is 17.6 Å². The predicted molar refractivity (Wildman–Crippen MR) is 87.4 cm³/mol. The molecule has 2 heterocycles. The molecule has 130 valence electrons. The van der Waals surface area contributed by atoms with Crippen molar-refractivity contribution in [2.75, 3.05) is 45.9 Å². The van der Waals surface area contributed by atoms with E-state index in [0.29, 0.717) is 57.4 Å². The van der Waals surface area contributed by atoms with Crippen molar-refractivity contribution in [1.29, 1.82) is 5.26 Å². The minimum Gasteiger partial charge on any atom is -0.486 e. The second-order valence-corrected chi connectivity index (χ2v) is 7.98. The molecule has 0 N–H and O–H groups in total. The van der Waals surface area contributed by atoms with Gasteiger partial charge in [0.1, 0.15) is 13.2 Å². The van der Waals surface area contributed by atoms with Crippen LogP contribution in [0.15, 0.2) is 23.1 Å². The lowest BCUT2D eigenvalue weighted by Gasteiger charge is -2.34. The number of hydrogen-bond acceptors (Lipinski definition) is 6. The van der Waals surface area contributed by atoms with Gasteiger partial charge in [-0.3, -0.25) is 4.90 Å². The molecule has 8 heteroatoms. The maximum absolute atomic E-state index is 12.8. The molecule has 1 fully saturated rings. The molecule has 1 saturated heterocycles. The number of ether oxygens (including phenoxy) is 2. The summed E-state index contributed by atoms with van der Waals surface area (Å²) in [4.78, 5) is 2.36. The molecule has 0 amide bonds. The average molecular weight is 351 g/mol. The van der Waals surface area contributed by atoms with Crippen LogP contribution in [0.2, 0.25) is 0 Å². The van der Waals surface area contributed by atoms with Gasteiger partial charge in [0.2, 0.25) is 10.0 Å². The van der Waals surface area contributed by atoms with Crippen LogP contribution in [0.3, 0.4) is 0 Å². The molecular formula is C16H21N3O4S. The Balaban J connectivity index is 1.70. The van der Waals surface area contributed by atoms with E-state index in [1.807, 2.05) is 6.92 Å². The van der Waals surface area contributed by atoms with E-state index < -0.39 is 10.0 Å². The van der Waals surface area contributed by atoms with Crippen molar-refractivity contribution >= 4 is 10.0 Å². The Labute approximate surface area is 142 Å². The molecule has 1 aromatic rings. The van der Waals surface area contributed by atoms with Crippen LogP contribution in [0.4, 0.5) is 0 Å². The number of nitriles is 1. The van der Waals surface area contributed by atoms with Crippen LogP contribution in [0.5, 0.6) is 11.5 Å². The third-order valence-corrected chi connectivity index (χ3v) is 6.13. The van der Waals surface area contributed by atoms with E-state index in [1.54, 1.807) is 12.1 Å². The summed E-state index contributed by atoms with van der Waals surface area (Å²) < 4.78 is 38.0. The first kappa shape index (κ1) is 17.0. The van der Waals surface area contributed by atoms with Gasteiger partial charge in [-0.15, -0.1) is 0 Å². The van der Waals surface area contributed by atoms with Crippen LogP contribution in [0.1, 0.15) is 6.92 Å². The van der Waals surface area contributed by atoms with Gasteiger partial charge in [-0.1, -0.05) is 0 Å². The number of nitrogens with zero attached hydrogens (tertiary/aromatic N) is 3. The molecule has 2 aliphatic rings. The summed E-state index contributed by atoms with van der Waals surface area (Å²) in [7, 11) is -3.55. The SMILES string of the molecule is C[C@@H](C#N)CN1CCN(S(=O)(=O)c2ccc3c(c2)OCCO3)CC1. The maximum atomic E-state index is 12.8. The van der Waals surface area contributed by atoms with Crippen molar-refractivity contribution < 1.29 is 17.9 Å². The number of fused-ring (bicyclic) bond motifs is 1. The van der Waals surface area contributed by atoms with E-state index in [2.05, 4.69) is 11.0 Å². The van der Waals surface area contributed by atoms with Crippen molar-refractivity contribution in [3.05, 3.63) is 18.2 Å². The Hall–Kier alpha value is -1.82. The van der Waals surface area contributed by atoms with E-state index in [-0.39, 0.29) is 10.8 Å². The third-order valence-electron chi connectivity index (χ3n) is 4.24. The highest BCUT2D eigenvalue weighted by Crippen LogP contribution is 2.33. The van der Waals surface area contributed by atoms with Crippen LogP contribution in [-0.2, 0) is 10.0 Å². The van der Waals surface area contributed by atoms with Crippen molar-refractivity contribution in [1.82, 2.24) is 9.21 Å². The summed E-state index contributed by atoms with van der Waals surface area (Å²) in [5, 5.41) is 8.89. The van der Waals surface area contributed by atoms with Gasteiger partial charge in [0, 0.05) is 38.8 Å². The highest BCUT2D eigenvalue weighted by Gasteiger charge is 2.30. The van der Waals surface area contributed by atoms with Crippen molar-refractivity contribution in [2.45, 2.75) is 11.8 Å². The van der Waals surface area contributed by atoms with Crippen molar-refractivity contribution in [3.63, 3.8) is 0 Å². The smallest absolute Gasteiger partial charge is 0.243 e. The van der Waals surface area contributed by atoms with Crippen molar-refractivity contribution in [2.24, 2.45) is 5.92 Å². The fourth-order valence-corrected chi connectivity index (χ4v) is 4.35. The lowest BCUT2D eigenvalue weighted by atomic mass is 10.2. The van der Waals surface area contributed by atoms with Gasteiger partial charge in [0.05, 0.1) is 16.9 Å². The number of benzene rings is 1. The van der Waals surface area contributed by atoms with Crippen LogP contribution in [0, 0.1) is 17.2 Å². The predicted octanol–water partition coefficient (Wildman–Crippen LogP) is 0.924. The molecule has 24 heavy (non-hydrogen) atoms.